The van der Waals surface area contributed by atoms with Crippen LogP contribution < -0.4 is 0 Å². The predicted octanol–water partition coefficient (Wildman–Crippen LogP) is 1.46. The molecule has 4 heteroatoms. The number of carboxylic acid groups (broad SMARTS) is 1. The molecule has 0 aliphatic heterocycles. The molecule has 0 bridgehead atoms. The summed E-state index contributed by atoms with van der Waals surface area (Å²) in [6.07, 6.45) is 0. The number of ketones is 1. The van der Waals surface area contributed by atoms with Crippen LogP contribution in [-0.4, -0.2) is 16.9 Å². The molecule has 0 aromatic rings. The fraction of sp³-hybridized carbons (Fsp3) is 0.143. The molecule has 11 heavy (non-hydrogen) atoms. The van der Waals surface area contributed by atoms with Crippen LogP contribution >= 0.6 is 0 Å². The Balaban J connectivity index is -0.0000000125. The SMILES string of the molecule is CC(=O)[13C](=O)O.[CH3-].[CH3-].[CH3-].[CH3-].[Ir]. The minimum Gasteiger partial charge on any atom is -0.476 e. The molecule has 1 N–H and O–H groups in total. The minimum atomic E-state index is -1.38. The Hall–Kier alpha value is -0.211. The zero-order chi connectivity index (χ0) is 5.15. The Morgan fingerprint density at radius 1 is 1.00 bits per heavy atom. The van der Waals surface area contributed by atoms with Gasteiger partial charge in [-0.15, -0.1) is 0 Å². The smallest absolute Gasteiger partial charge is 0.371 e. The molecule has 0 spiro atoms. The van der Waals surface area contributed by atoms with Gasteiger partial charge in [0.05, 0.1) is 0 Å². The maximum Gasteiger partial charge on any atom is 0.371 e. The number of hydrogen-bond acceptors (Lipinski definition) is 2. The molecule has 0 aliphatic carbocycles. The van der Waals surface area contributed by atoms with E-state index in [0.717, 1.165) is 6.92 Å². The van der Waals surface area contributed by atoms with Crippen LogP contribution in [0.2, 0.25) is 0 Å². The molecule has 0 rings (SSSR count). The van der Waals surface area contributed by atoms with Crippen LogP contribution in [0.15, 0.2) is 0 Å². The van der Waals surface area contributed by atoms with Gasteiger partial charge in [0.1, 0.15) is 0 Å². The molecule has 0 aliphatic rings. The van der Waals surface area contributed by atoms with Crippen molar-refractivity contribution in [3.63, 3.8) is 0 Å². The van der Waals surface area contributed by atoms with Crippen molar-refractivity contribution < 1.29 is 34.8 Å². The maximum atomic E-state index is 9.54. The second-order valence-electron chi connectivity index (χ2n) is 0.861. The summed E-state index contributed by atoms with van der Waals surface area (Å²) in [6.45, 7) is 1.00. The molecule has 0 aromatic heterocycles. The number of hydrogen-bond donors (Lipinski definition) is 1. The molecule has 3 nitrogen and oxygen atoms in total. The van der Waals surface area contributed by atoms with Crippen molar-refractivity contribution in [2.45, 2.75) is 6.92 Å². The Morgan fingerprint density at radius 3 is 1.09 bits per heavy atom. The topological polar surface area (TPSA) is 54.4 Å². The van der Waals surface area contributed by atoms with Gasteiger partial charge in [0.2, 0.25) is 5.78 Å². The number of carbonyl (C=O) groups excluding carboxylic acids is 1. The first kappa shape index (κ1) is 45.1. The number of Topliss-reactive ketones (excluding diaryl/α,β-unsaturated/α-hetero) is 1. The first-order valence-corrected chi connectivity index (χ1v) is 1.38. The van der Waals surface area contributed by atoms with Gasteiger partial charge in [0.15, 0.2) is 0 Å². The van der Waals surface area contributed by atoms with Crippen LogP contribution in [-0.2, 0) is 29.7 Å². The molecule has 0 atom stereocenters. The molecule has 0 saturated carbocycles. The van der Waals surface area contributed by atoms with Gasteiger partial charge in [-0.05, 0) is 0 Å². The van der Waals surface area contributed by atoms with Crippen molar-refractivity contribution in [1.29, 1.82) is 0 Å². The van der Waals surface area contributed by atoms with E-state index in [9.17, 15) is 9.59 Å². The van der Waals surface area contributed by atoms with E-state index < -0.39 is 11.8 Å². The fourth-order valence-electron chi connectivity index (χ4n) is 0. The Morgan fingerprint density at radius 2 is 1.09 bits per heavy atom. The number of carbonyl (C=O) groups is 2. The summed E-state index contributed by atoms with van der Waals surface area (Å²) in [5.74, 6) is -2.20. The van der Waals surface area contributed by atoms with Gasteiger partial charge in [-0.2, -0.15) is 0 Å². The number of carboxylic acids is 1. The zero-order valence-corrected chi connectivity index (χ0v) is 9.99. The molecule has 0 unspecified atom stereocenters. The van der Waals surface area contributed by atoms with E-state index in [-0.39, 0.29) is 49.8 Å². The largest absolute Gasteiger partial charge is 0.476 e. The Labute approximate surface area is 83.5 Å². The third-order valence-electron chi connectivity index (χ3n) is 0.301. The van der Waals surface area contributed by atoms with E-state index in [2.05, 4.69) is 0 Å². The summed E-state index contributed by atoms with van der Waals surface area (Å²) in [4.78, 5) is 18.9. The van der Waals surface area contributed by atoms with Gasteiger partial charge in [-0.3, -0.25) is 4.79 Å². The molecule has 0 fully saturated rings. The van der Waals surface area contributed by atoms with Crippen molar-refractivity contribution in [3.05, 3.63) is 29.7 Å². The summed E-state index contributed by atoms with van der Waals surface area (Å²) >= 11 is 0. The van der Waals surface area contributed by atoms with Crippen molar-refractivity contribution in [2.24, 2.45) is 0 Å². The molecule has 75 valence electrons. The Bertz CT molecular complexity index is 79.7. The summed E-state index contributed by atoms with van der Waals surface area (Å²) in [7, 11) is 0. The third kappa shape index (κ3) is 41.4. The van der Waals surface area contributed by atoms with Crippen LogP contribution in [0, 0.1) is 29.7 Å². The van der Waals surface area contributed by atoms with E-state index in [4.69, 9.17) is 5.11 Å². The summed E-state index contributed by atoms with van der Waals surface area (Å²) in [5, 5.41) is 7.64. The molecule has 0 heterocycles. The summed E-state index contributed by atoms with van der Waals surface area (Å²) in [5.41, 5.74) is 0. The van der Waals surface area contributed by atoms with Gasteiger partial charge in [0.25, 0.3) is 0 Å². The van der Waals surface area contributed by atoms with E-state index >= 15 is 0 Å². The number of aliphatic carboxylic acids is 1. The fourth-order valence-corrected chi connectivity index (χ4v) is 0. The van der Waals surface area contributed by atoms with Crippen molar-refractivity contribution in [3.8, 4) is 0 Å². The normalized spacial score (nSPS) is 4.09. The summed E-state index contributed by atoms with van der Waals surface area (Å²) < 4.78 is 0. The van der Waals surface area contributed by atoms with Crippen LogP contribution in [0.3, 0.4) is 0 Å². The first-order valence-electron chi connectivity index (χ1n) is 1.38. The van der Waals surface area contributed by atoms with E-state index in [1.807, 2.05) is 0 Å². The quantitative estimate of drug-likeness (QED) is 0.446. The molecular weight excluding hydrogens is 325 g/mol. The maximum absolute atomic E-state index is 9.54. The monoisotopic (exact) mass is 342 g/mol. The van der Waals surface area contributed by atoms with Gasteiger partial charge >= 0.3 is 5.97 Å². The molecule has 0 saturated heterocycles. The average molecular weight is 341 g/mol. The van der Waals surface area contributed by atoms with E-state index in [1.54, 1.807) is 0 Å². The van der Waals surface area contributed by atoms with Crippen LogP contribution in [0.4, 0.5) is 0 Å². The van der Waals surface area contributed by atoms with Crippen molar-refractivity contribution >= 4 is 11.8 Å². The van der Waals surface area contributed by atoms with Gasteiger partial charge in [-0.1, -0.05) is 0 Å². The summed E-state index contributed by atoms with van der Waals surface area (Å²) in [6, 6.07) is 0. The first-order chi connectivity index (χ1) is 2.64. The van der Waals surface area contributed by atoms with Crippen LogP contribution in [0.25, 0.3) is 0 Å². The number of rotatable bonds is 1. The zero-order valence-electron chi connectivity index (χ0n) is 7.60. The molecular formula is C7H16IrO3-4. The molecule has 1 radical (unpaired) electrons. The van der Waals surface area contributed by atoms with Gasteiger partial charge < -0.3 is 34.8 Å². The standard InChI is InChI=1S/C3H4O3.4CH3.Ir/c1-2(4)3(5)6;;;;;/h1H3,(H,5,6);4*1H3;/q;4*-1;/i3+1;;;;;. The van der Waals surface area contributed by atoms with E-state index in [1.165, 1.54) is 0 Å². The Kier molecular flexibility index (Phi) is 92.5. The second-order valence-corrected chi connectivity index (χ2v) is 0.861. The van der Waals surface area contributed by atoms with Gasteiger partial charge in [-0.25, -0.2) is 4.79 Å². The van der Waals surface area contributed by atoms with Gasteiger partial charge in [0, 0.05) is 27.0 Å². The second kappa shape index (κ2) is 22.6. The molecule has 0 amide bonds. The van der Waals surface area contributed by atoms with Crippen molar-refractivity contribution in [1.82, 2.24) is 0 Å². The molecule has 0 aromatic carbocycles. The average Bonchev–Trinajstić information content (AvgIpc) is 1.36. The van der Waals surface area contributed by atoms with Crippen LogP contribution in [0.5, 0.6) is 0 Å². The van der Waals surface area contributed by atoms with Crippen LogP contribution in [0.1, 0.15) is 6.92 Å². The van der Waals surface area contributed by atoms with Crippen molar-refractivity contribution in [2.75, 3.05) is 0 Å². The minimum absolute atomic E-state index is 0. The predicted molar refractivity (Wildman–Crippen MR) is 44.0 cm³/mol. The van der Waals surface area contributed by atoms with E-state index in [0.29, 0.717) is 0 Å². The third-order valence-corrected chi connectivity index (χ3v) is 0.301.